The highest BCUT2D eigenvalue weighted by Crippen LogP contribution is 2.20. The molecule has 0 aliphatic carbocycles. The molecular weight excluding hydrogens is 184 g/mol. The molecule has 1 amide bonds. The molecule has 1 heterocycles. The van der Waals surface area contributed by atoms with Crippen molar-refractivity contribution in [3.05, 3.63) is 17.8 Å². The molecule has 0 atom stereocenters. The van der Waals surface area contributed by atoms with Crippen LogP contribution in [0.3, 0.4) is 0 Å². The first kappa shape index (κ1) is 10.3. The van der Waals surface area contributed by atoms with Gasteiger partial charge in [0.25, 0.3) is 0 Å². The number of aromatic nitrogens is 1. The lowest BCUT2D eigenvalue weighted by atomic mass is 10.3. The van der Waals surface area contributed by atoms with Gasteiger partial charge in [-0.1, -0.05) is 0 Å². The minimum absolute atomic E-state index is 0.348. The zero-order valence-electron chi connectivity index (χ0n) is 8.11. The van der Waals surface area contributed by atoms with E-state index in [0.717, 1.165) is 5.56 Å². The van der Waals surface area contributed by atoms with Crippen LogP contribution in [-0.2, 0) is 0 Å². The van der Waals surface area contributed by atoms with E-state index in [1.807, 2.05) is 6.92 Å². The number of carbonyl (C=O) groups is 1. The molecule has 0 aromatic carbocycles. The lowest BCUT2D eigenvalue weighted by Crippen LogP contribution is -2.17. The second-order valence-corrected chi connectivity index (χ2v) is 2.64. The van der Waals surface area contributed by atoms with Crippen molar-refractivity contribution in [1.29, 1.82) is 0 Å². The van der Waals surface area contributed by atoms with E-state index in [4.69, 9.17) is 15.2 Å². The van der Waals surface area contributed by atoms with Gasteiger partial charge in [-0.05, 0) is 19.4 Å². The molecular formula is C9H12N2O3. The number of hydrogen-bond donors (Lipinski definition) is 1. The maximum absolute atomic E-state index is 10.5. The van der Waals surface area contributed by atoms with Gasteiger partial charge in [0.05, 0.1) is 12.8 Å². The van der Waals surface area contributed by atoms with Crippen molar-refractivity contribution in [1.82, 2.24) is 4.98 Å². The Morgan fingerprint density at radius 1 is 1.64 bits per heavy atom. The van der Waals surface area contributed by atoms with Gasteiger partial charge in [0.15, 0.2) is 5.75 Å². The van der Waals surface area contributed by atoms with Crippen LogP contribution < -0.4 is 15.2 Å². The predicted octanol–water partition coefficient (Wildman–Crippen LogP) is 1.25. The van der Waals surface area contributed by atoms with Crippen LogP contribution in [-0.4, -0.2) is 17.7 Å². The van der Waals surface area contributed by atoms with E-state index in [1.54, 1.807) is 13.0 Å². The van der Waals surface area contributed by atoms with Crippen LogP contribution >= 0.6 is 0 Å². The molecule has 0 bridgehead atoms. The summed E-state index contributed by atoms with van der Waals surface area (Å²) in [5.41, 5.74) is 5.62. The molecule has 0 aliphatic heterocycles. The first-order valence-corrected chi connectivity index (χ1v) is 4.20. The smallest absolute Gasteiger partial charge is 0.410 e. The fourth-order valence-corrected chi connectivity index (χ4v) is 0.960. The minimum Gasteiger partial charge on any atom is -0.478 e. The van der Waals surface area contributed by atoms with E-state index in [-0.39, 0.29) is 0 Å². The average molecular weight is 196 g/mol. The SMILES string of the molecule is CCOc1cc(C)c(OC(N)=O)cn1. The van der Waals surface area contributed by atoms with Crippen molar-refractivity contribution in [2.75, 3.05) is 6.61 Å². The summed E-state index contributed by atoms with van der Waals surface area (Å²) in [6, 6.07) is 1.68. The summed E-state index contributed by atoms with van der Waals surface area (Å²) in [5, 5.41) is 0. The van der Waals surface area contributed by atoms with Crippen molar-refractivity contribution in [3.8, 4) is 11.6 Å². The molecule has 1 rings (SSSR count). The molecule has 0 fully saturated rings. The number of carbonyl (C=O) groups excluding carboxylic acids is 1. The molecule has 0 unspecified atom stereocenters. The monoisotopic (exact) mass is 196 g/mol. The van der Waals surface area contributed by atoms with Gasteiger partial charge in [-0.3, -0.25) is 0 Å². The van der Waals surface area contributed by atoms with Crippen LogP contribution in [0.15, 0.2) is 12.3 Å². The van der Waals surface area contributed by atoms with E-state index in [0.29, 0.717) is 18.2 Å². The first-order valence-electron chi connectivity index (χ1n) is 4.20. The average Bonchev–Trinajstić information content (AvgIpc) is 2.10. The Morgan fingerprint density at radius 3 is 2.86 bits per heavy atom. The standard InChI is InChI=1S/C9H12N2O3/c1-3-13-8-4-6(2)7(5-11-8)14-9(10)12/h4-5H,3H2,1-2H3,(H2,10,12). The number of nitrogens with two attached hydrogens (primary N) is 1. The summed E-state index contributed by atoms with van der Waals surface area (Å²) in [7, 11) is 0. The zero-order chi connectivity index (χ0) is 10.6. The fraction of sp³-hybridized carbons (Fsp3) is 0.333. The van der Waals surface area contributed by atoms with Crippen LogP contribution in [0, 0.1) is 6.92 Å². The van der Waals surface area contributed by atoms with Crippen molar-refractivity contribution in [2.45, 2.75) is 13.8 Å². The minimum atomic E-state index is -0.848. The van der Waals surface area contributed by atoms with Gasteiger partial charge < -0.3 is 15.2 Å². The predicted molar refractivity (Wildman–Crippen MR) is 50.4 cm³/mol. The van der Waals surface area contributed by atoms with E-state index in [2.05, 4.69) is 4.98 Å². The second kappa shape index (κ2) is 4.45. The number of nitrogens with zero attached hydrogens (tertiary/aromatic N) is 1. The Kier molecular flexibility index (Phi) is 3.28. The van der Waals surface area contributed by atoms with Gasteiger partial charge in [0, 0.05) is 6.07 Å². The molecule has 1 aromatic rings. The lowest BCUT2D eigenvalue weighted by molar-refractivity contribution is 0.210. The topological polar surface area (TPSA) is 74.4 Å². The summed E-state index contributed by atoms with van der Waals surface area (Å²) < 4.78 is 9.86. The molecule has 5 heteroatoms. The van der Waals surface area contributed by atoms with E-state index < -0.39 is 6.09 Å². The van der Waals surface area contributed by atoms with Crippen molar-refractivity contribution < 1.29 is 14.3 Å². The van der Waals surface area contributed by atoms with Crippen molar-refractivity contribution in [2.24, 2.45) is 5.73 Å². The highest BCUT2D eigenvalue weighted by molar-refractivity contribution is 5.68. The number of hydrogen-bond acceptors (Lipinski definition) is 4. The van der Waals surface area contributed by atoms with Gasteiger partial charge in [-0.2, -0.15) is 0 Å². The molecule has 1 aromatic heterocycles. The molecule has 0 radical (unpaired) electrons. The maximum atomic E-state index is 10.5. The van der Waals surface area contributed by atoms with E-state index >= 15 is 0 Å². The van der Waals surface area contributed by atoms with Gasteiger partial charge in [-0.25, -0.2) is 9.78 Å². The number of rotatable bonds is 3. The molecule has 0 saturated heterocycles. The van der Waals surface area contributed by atoms with Gasteiger partial charge in [0.2, 0.25) is 5.88 Å². The number of aryl methyl sites for hydroxylation is 1. The highest BCUT2D eigenvalue weighted by Gasteiger charge is 2.05. The normalized spacial score (nSPS) is 9.57. The molecule has 5 nitrogen and oxygen atoms in total. The van der Waals surface area contributed by atoms with E-state index in [9.17, 15) is 4.79 Å². The van der Waals surface area contributed by atoms with Crippen LogP contribution in [0.2, 0.25) is 0 Å². The third-order valence-electron chi connectivity index (χ3n) is 1.54. The third-order valence-corrected chi connectivity index (χ3v) is 1.54. The van der Waals surface area contributed by atoms with Crippen molar-refractivity contribution >= 4 is 6.09 Å². The largest absolute Gasteiger partial charge is 0.478 e. The van der Waals surface area contributed by atoms with Crippen LogP contribution in [0.25, 0.3) is 0 Å². The summed E-state index contributed by atoms with van der Waals surface area (Å²) in [6.45, 7) is 4.19. The van der Waals surface area contributed by atoms with Crippen LogP contribution in [0.5, 0.6) is 11.6 Å². The molecule has 0 spiro atoms. The molecule has 0 saturated carbocycles. The molecule has 14 heavy (non-hydrogen) atoms. The maximum Gasteiger partial charge on any atom is 0.410 e. The number of amides is 1. The van der Waals surface area contributed by atoms with Crippen molar-refractivity contribution in [3.63, 3.8) is 0 Å². The lowest BCUT2D eigenvalue weighted by Gasteiger charge is -2.06. The Balaban J connectivity index is 2.84. The zero-order valence-corrected chi connectivity index (χ0v) is 8.11. The van der Waals surface area contributed by atoms with Gasteiger partial charge in [-0.15, -0.1) is 0 Å². The summed E-state index contributed by atoms with van der Waals surface area (Å²) in [6.07, 6.45) is 0.560. The highest BCUT2D eigenvalue weighted by atomic mass is 16.5. The Bertz CT molecular complexity index is 339. The quantitative estimate of drug-likeness (QED) is 0.789. The summed E-state index contributed by atoms with van der Waals surface area (Å²) >= 11 is 0. The summed E-state index contributed by atoms with van der Waals surface area (Å²) in [4.78, 5) is 14.4. The number of ether oxygens (including phenoxy) is 2. The third kappa shape index (κ3) is 2.62. The second-order valence-electron chi connectivity index (χ2n) is 2.64. The Labute approximate surface area is 81.8 Å². The Hall–Kier alpha value is -1.78. The number of primary amides is 1. The first-order chi connectivity index (χ1) is 6.63. The fourth-order valence-electron chi connectivity index (χ4n) is 0.960. The Morgan fingerprint density at radius 2 is 2.36 bits per heavy atom. The van der Waals surface area contributed by atoms with E-state index in [1.165, 1.54) is 6.20 Å². The molecule has 76 valence electrons. The van der Waals surface area contributed by atoms with Gasteiger partial charge in [0.1, 0.15) is 0 Å². The number of pyridine rings is 1. The summed E-state index contributed by atoms with van der Waals surface area (Å²) in [5.74, 6) is 0.850. The van der Waals surface area contributed by atoms with Crippen LogP contribution in [0.1, 0.15) is 12.5 Å². The molecule has 2 N–H and O–H groups in total. The molecule has 0 aliphatic rings. The van der Waals surface area contributed by atoms with Gasteiger partial charge >= 0.3 is 6.09 Å². The van der Waals surface area contributed by atoms with Crippen LogP contribution in [0.4, 0.5) is 4.79 Å².